The van der Waals surface area contributed by atoms with Crippen LogP contribution in [0.3, 0.4) is 0 Å². The van der Waals surface area contributed by atoms with Crippen LogP contribution >= 0.6 is 0 Å². The summed E-state index contributed by atoms with van der Waals surface area (Å²) in [6.07, 6.45) is 4.20. The Morgan fingerprint density at radius 2 is 1.91 bits per heavy atom. The molecule has 0 fully saturated rings. The standard InChI is InChI=1S/C20H21NO2/c1-14-9-11-17(19-16(14)13-20(2,3)23-19)21-18(22)12-10-15-7-5-4-6-8-15/h4-12H,13H2,1-3H3,(H,21,22). The molecule has 1 N–H and O–H groups in total. The number of rotatable bonds is 3. The molecule has 3 heteroatoms. The summed E-state index contributed by atoms with van der Waals surface area (Å²) in [5.74, 6) is 0.643. The van der Waals surface area contributed by atoms with Gasteiger partial charge < -0.3 is 10.1 Å². The molecule has 1 aliphatic heterocycles. The molecule has 3 rings (SSSR count). The molecule has 0 spiro atoms. The number of aryl methyl sites for hydroxylation is 1. The lowest BCUT2D eigenvalue weighted by molar-refractivity contribution is -0.111. The van der Waals surface area contributed by atoms with E-state index in [4.69, 9.17) is 4.74 Å². The Morgan fingerprint density at radius 1 is 1.17 bits per heavy atom. The zero-order chi connectivity index (χ0) is 16.4. The molecule has 0 aromatic heterocycles. The third-order valence-electron chi connectivity index (χ3n) is 3.96. The number of anilines is 1. The van der Waals surface area contributed by atoms with Gasteiger partial charge in [0, 0.05) is 18.1 Å². The molecule has 0 radical (unpaired) electrons. The zero-order valence-corrected chi connectivity index (χ0v) is 13.7. The van der Waals surface area contributed by atoms with Crippen molar-refractivity contribution >= 4 is 17.7 Å². The molecular weight excluding hydrogens is 286 g/mol. The van der Waals surface area contributed by atoms with Gasteiger partial charge in [-0.2, -0.15) is 0 Å². The topological polar surface area (TPSA) is 38.3 Å². The monoisotopic (exact) mass is 307 g/mol. The predicted molar refractivity (Wildman–Crippen MR) is 93.7 cm³/mol. The SMILES string of the molecule is Cc1ccc(NC(=O)C=Cc2ccccc2)c2c1CC(C)(C)O2. The first-order chi connectivity index (χ1) is 10.9. The molecule has 0 saturated heterocycles. The molecule has 1 heterocycles. The number of fused-ring (bicyclic) bond motifs is 1. The molecule has 0 unspecified atom stereocenters. The van der Waals surface area contributed by atoms with E-state index < -0.39 is 0 Å². The second-order valence-electron chi connectivity index (χ2n) is 6.51. The van der Waals surface area contributed by atoms with Crippen molar-refractivity contribution in [1.29, 1.82) is 0 Å². The van der Waals surface area contributed by atoms with Crippen LogP contribution in [0.2, 0.25) is 0 Å². The molecule has 0 atom stereocenters. The zero-order valence-electron chi connectivity index (χ0n) is 13.7. The van der Waals surface area contributed by atoms with Gasteiger partial charge in [0.25, 0.3) is 0 Å². The highest BCUT2D eigenvalue weighted by atomic mass is 16.5. The number of amides is 1. The number of carbonyl (C=O) groups is 1. The first kappa shape index (κ1) is 15.3. The summed E-state index contributed by atoms with van der Waals surface area (Å²) in [4.78, 5) is 12.2. The molecular formula is C20H21NO2. The van der Waals surface area contributed by atoms with Gasteiger partial charge in [-0.05, 0) is 44.0 Å². The number of ether oxygens (including phenoxy) is 1. The minimum absolute atomic E-state index is 0.159. The first-order valence-electron chi connectivity index (χ1n) is 7.80. The predicted octanol–water partition coefficient (Wildman–Crippen LogP) is 4.36. The van der Waals surface area contributed by atoms with Gasteiger partial charge in [-0.15, -0.1) is 0 Å². The number of nitrogens with one attached hydrogen (secondary N) is 1. The molecule has 23 heavy (non-hydrogen) atoms. The minimum Gasteiger partial charge on any atom is -0.485 e. The fourth-order valence-corrected chi connectivity index (χ4v) is 2.81. The highest BCUT2D eigenvalue weighted by molar-refractivity contribution is 6.03. The van der Waals surface area contributed by atoms with E-state index in [1.165, 1.54) is 11.1 Å². The van der Waals surface area contributed by atoms with E-state index in [0.717, 1.165) is 23.4 Å². The Balaban J connectivity index is 1.78. The van der Waals surface area contributed by atoms with E-state index in [-0.39, 0.29) is 11.5 Å². The quantitative estimate of drug-likeness (QED) is 0.856. The van der Waals surface area contributed by atoms with Crippen LogP contribution in [0, 0.1) is 6.92 Å². The second-order valence-corrected chi connectivity index (χ2v) is 6.51. The summed E-state index contributed by atoms with van der Waals surface area (Å²) in [6, 6.07) is 13.7. The molecule has 3 nitrogen and oxygen atoms in total. The van der Waals surface area contributed by atoms with Crippen LogP contribution < -0.4 is 10.1 Å². The van der Waals surface area contributed by atoms with Gasteiger partial charge in [-0.1, -0.05) is 36.4 Å². The minimum atomic E-state index is -0.228. The average Bonchev–Trinajstić information content (AvgIpc) is 2.86. The van der Waals surface area contributed by atoms with E-state index in [9.17, 15) is 4.79 Å². The van der Waals surface area contributed by atoms with Gasteiger partial charge in [0.05, 0.1) is 5.69 Å². The van der Waals surface area contributed by atoms with Crippen LogP contribution in [0.15, 0.2) is 48.5 Å². The maximum absolute atomic E-state index is 12.2. The van der Waals surface area contributed by atoms with Crippen molar-refractivity contribution < 1.29 is 9.53 Å². The van der Waals surface area contributed by atoms with Crippen LogP contribution in [-0.4, -0.2) is 11.5 Å². The number of hydrogen-bond donors (Lipinski definition) is 1. The summed E-state index contributed by atoms with van der Waals surface area (Å²) in [5, 5.41) is 2.93. The fourth-order valence-electron chi connectivity index (χ4n) is 2.81. The van der Waals surface area contributed by atoms with Crippen LogP contribution in [0.4, 0.5) is 5.69 Å². The highest BCUT2D eigenvalue weighted by Gasteiger charge is 2.33. The summed E-state index contributed by atoms with van der Waals surface area (Å²) in [6.45, 7) is 6.20. The van der Waals surface area contributed by atoms with Crippen LogP contribution in [-0.2, 0) is 11.2 Å². The van der Waals surface area contributed by atoms with Gasteiger partial charge in [0.1, 0.15) is 11.4 Å². The van der Waals surface area contributed by atoms with Crippen LogP contribution in [0.5, 0.6) is 5.75 Å². The fraction of sp³-hybridized carbons (Fsp3) is 0.250. The Morgan fingerprint density at radius 3 is 2.65 bits per heavy atom. The lowest BCUT2D eigenvalue weighted by atomic mass is 9.97. The third kappa shape index (κ3) is 3.45. The van der Waals surface area contributed by atoms with Crippen molar-refractivity contribution in [2.75, 3.05) is 5.32 Å². The smallest absolute Gasteiger partial charge is 0.248 e. The van der Waals surface area contributed by atoms with Crippen molar-refractivity contribution in [2.24, 2.45) is 0 Å². The van der Waals surface area contributed by atoms with Gasteiger partial charge in [0.15, 0.2) is 0 Å². The molecule has 118 valence electrons. The van der Waals surface area contributed by atoms with E-state index in [1.807, 2.05) is 42.5 Å². The van der Waals surface area contributed by atoms with Crippen molar-refractivity contribution in [3.05, 3.63) is 65.2 Å². The number of carbonyl (C=O) groups excluding carboxylic acids is 1. The van der Waals surface area contributed by atoms with Gasteiger partial charge in [-0.25, -0.2) is 0 Å². The number of benzene rings is 2. The lowest BCUT2D eigenvalue weighted by Gasteiger charge is -2.18. The molecule has 2 aromatic carbocycles. The Hall–Kier alpha value is -2.55. The van der Waals surface area contributed by atoms with Gasteiger partial charge in [-0.3, -0.25) is 4.79 Å². The maximum Gasteiger partial charge on any atom is 0.248 e. The Kier molecular flexibility index (Phi) is 3.95. The van der Waals surface area contributed by atoms with E-state index in [2.05, 4.69) is 26.1 Å². The molecule has 1 aliphatic rings. The summed E-state index contributed by atoms with van der Waals surface area (Å²) < 4.78 is 6.03. The Bertz CT molecular complexity index is 761. The summed E-state index contributed by atoms with van der Waals surface area (Å²) in [5.41, 5.74) is 3.88. The van der Waals surface area contributed by atoms with Crippen molar-refractivity contribution in [3.63, 3.8) is 0 Å². The third-order valence-corrected chi connectivity index (χ3v) is 3.96. The summed E-state index contributed by atoms with van der Waals surface area (Å²) >= 11 is 0. The van der Waals surface area contributed by atoms with Crippen molar-refractivity contribution in [1.82, 2.24) is 0 Å². The lowest BCUT2D eigenvalue weighted by Crippen LogP contribution is -2.25. The van der Waals surface area contributed by atoms with Gasteiger partial charge >= 0.3 is 0 Å². The Labute approximate surface area is 137 Å². The van der Waals surface area contributed by atoms with E-state index in [1.54, 1.807) is 12.2 Å². The van der Waals surface area contributed by atoms with Crippen molar-refractivity contribution in [3.8, 4) is 5.75 Å². The molecule has 0 saturated carbocycles. The van der Waals surface area contributed by atoms with E-state index in [0.29, 0.717) is 0 Å². The van der Waals surface area contributed by atoms with Crippen molar-refractivity contribution in [2.45, 2.75) is 32.8 Å². The van der Waals surface area contributed by atoms with Crippen LogP contribution in [0.1, 0.15) is 30.5 Å². The van der Waals surface area contributed by atoms with Gasteiger partial charge in [0.2, 0.25) is 5.91 Å². The van der Waals surface area contributed by atoms with Crippen LogP contribution in [0.25, 0.3) is 6.08 Å². The average molecular weight is 307 g/mol. The second kappa shape index (κ2) is 5.92. The molecule has 0 bridgehead atoms. The first-order valence-corrected chi connectivity index (χ1v) is 7.80. The largest absolute Gasteiger partial charge is 0.485 e. The highest BCUT2D eigenvalue weighted by Crippen LogP contribution is 2.42. The van der Waals surface area contributed by atoms with E-state index >= 15 is 0 Å². The molecule has 1 amide bonds. The number of hydrogen-bond acceptors (Lipinski definition) is 2. The normalized spacial score (nSPS) is 15.3. The maximum atomic E-state index is 12.2. The molecule has 2 aromatic rings. The summed E-state index contributed by atoms with van der Waals surface area (Å²) in [7, 11) is 0. The molecule has 0 aliphatic carbocycles.